The van der Waals surface area contributed by atoms with Crippen LogP contribution in [0.4, 0.5) is 4.79 Å². The number of hydrogen-bond donors (Lipinski definition) is 3. The number of hydrogen-bond acceptors (Lipinski definition) is 2. The highest BCUT2D eigenvalue weighted by molar-refractivity contribution is 5.75. The van der Waals surface area contributed by atoms with Crippen LogP contribution in [-0.2, 0) is 4.79 Å². The highest BCUT2D eigenvalue weighted by Gasteiger charge is 2.65. The van der Waals surface area contributed by atoms with Crippen molar-refractivity contribution in [3.8, 4) is 0 Å². The predicted molar refractivity (Wildman–Crippen MR) is 74.2 cm³/mol. The van der Waals surface area contributed by atoms with Crippen LogP contribution >= 0.6 is 0 Å². The molecular weight excluding hydrogens is 256 g/mol. The molecule has 3 rings (SSSR count). The van der Waals surface area contributed by atoms with E-state index in [0.29, 0.717) is 18.9 Å². The summed E-state index contributed by atoms with van der Waals surface area (Å²) < 4.78 is 0. The average molecular weight is 280 g/mol. The zero-order valence-corrected chi connectivity index (χ0v) is 12.0. The zero-order chi connectivity index (χ0) is 14.3. The molecule has 2 amide bonds. The van der Waals surface area contributed by atoms with Crippen LogP contribution in [0.15, 0.2) is 0 Å². The smallest absolute Gasteiger partial charge is 0.315 e. The molecule has 0 aliphatic heterocycles. The van der Waals surface area contributed by atoms with Gasteiger partial charge in [-0.05, 0) is 62.7 Å². The van der Waals surface area contributed by atoms with Crippen LogP contribution in [0.1, 0.15) is 45.4 Å². The summed E-state index contributed by atoms with van der Waals surface area (Å²) in [4.78, 5) is 22.4. The van der Waals surface area contributed by atoms with Gasteiger partial charge in [0.15, 0.2) is 0 Å². The molecule has 3 N–H and O–H groups in total. The van der Waals surface area contributed by atoms with Crippen LogP contribution in [0.25, 0.3) is 0 Å². The molecule has 20 heavy (non-hydrogen) atoms. The summed E-state index contributed by atoms with van der Waals surface area (Å²) in [5.41, 5.74) is 0. The van der Waals surface area contributed by atoms with Gasteiger partial charge < -0.3 is 15.7 Å². The molecule has 5 unspecified atom stereocenters. The lowest BCUT2D eigenvalue weighted by atomic mass is 10.0. The summed E-state index contributed by atoms with van der Waals surface area (Å²) in [5, 5.41) is 14.6. The van der Waals surface area contributed by atoms with Crippen LogP contribution in [-0.4, -0.2) is 29.2 Å². The Morgan fingerprint density at radius 2 is 1.90 bits per heavy atom. The van der Waals surface area contributed by atoms with Gasteiger partial charge in [0.25, 0.3) is 0 Å². The summed E-state index contributed by atoms with van der Waals surface area (Å²) in [7, 11) is 0. The second-order valence-corrected chi connectivity index (χ2v) is 6.82. The van der Waals surface area contributed by atoms with Gasteiger partial charge in [-0.3, -0.25) is 4.79 Å². The number of carboxylic acids is 1. The molecule has 0 aromatic rings. The van der Waals surface area contributed by atoms with Gasteiger partial charge in [0.1, 0.15) is 0 Å². The van der Waals surface area contributed by atoms with Gasteiger partial charge in [0.05, 0.1) is 0 Å². The molecule has 2 bridgehead atoms. The van der Waals surface area contributed by atoms with E-state index in [1.807, 2.05) is 6.92 Å². The van der Waals surface area contributed by atoms with Crippen LogP contribution in [0.2, 0.25) is 0 Å². The number of carboxylic acid groups (broad SMARTS) is 1. The summed E-state index contributed by atoms with van der Waals surface area (Å²) in [5.74, 6) is 2.46. The summed E-state index contributed by atoms with van der Waals surface area (Å²) in [6.07, 6.45) is 5.59. The second kappa shape index (κ2) is 5.26. The second-order valence-electron chi connectivity index (χ2n) is 6.82. The molecule has 3 aliphatic carbocycles. The molecule has 3 aliphatic rings. The van der Waals surface area contributed by atoms with Crippen molar-refractivity contribution in [1.29, 1.82) is 0 Å². The van der Waals surface area contributed by atoms with Crippen LogP contribution < -0.4 is 10.6 Å². The number of amides is 2. The third kappa shape index (κ3) is 2.63. The van der Waals surface area contributed by atoms with Crippen molar-refractivity contribution in [2.75, 3.05) is 0 Å². The third-order valence-corrected chi connectivity index (χ3v) is 5.44. The Labute approximate surface area is 119 Å². The number of urea groups is 1. The Balaban J connectivity index is 1.35. The van der Waals surface area contributed by atoms with Crippen molar-refractivity contribution >= 4 is 12.0 Å². The van der Waals surface area contributed by atoms with Gasteiger partial charge in [0.2, 0.25) is 0 Å². The van der Waals surface area contributed by atoms with Gasteiger partial charge in [-0.25, -0.2) is 4.79 Å². The molecular formula is C15H24N2O3. The summed E-state index contributed by atoms with van der Waals surface area (Å²) >= 11 is 0. The highest BCUT2D eigenvalue weighted by Crippen LogP contribution is 2.65. The lowest BCUT2D eigenvalue weighted by Crippen LogP contribution is -2.43. The van der Waals surface area contributed by atoms with Crippen molar-refractivity contribution in [2.45, 2.75) is 57.5 Å². The molecule has 0 radical (unpaired) electrons. The lowest BCUT2D eigenvalue weighted by molar-refractivity contribution is -0.137. The van der Waals surface area contributed by atoms with Gasteiger partial charge in [0, 0.05) is 18.5 Å². The number of aliphatic carboxylic acids is 1. The first-order chi connectivity index (χ1) is 9.56. The monoisotopic (exact) mass is 280 g/mol. The fraction of sp³-hybridized carbons (Fsp3) is 0.867. The number of carbonyl (C=O) groups is 2. The molecule has 5 nitrogen and oxygen atoms in total. The Morgan fingerprint density at radius 3 is 2.50 bits per heavy atom. The predicted octanol–water partition coefficient (Wildman–Crippen LogP) is 1.97. The highest BCUT2D eigenvalue weighted by atomic mass is 16.4. The van der Waals surface area contributed by atoms with Crippen molar-refractivity contribution in [2.24, 2.45) is 23.7 Å². The van der Waals surface area contributed by atoms with E-state index in [2.05, 4.69) is 10.6 Å². The molecule has 5 heteroatoms. The van der Waals surface area contributed by atoms with Crippen LogP contribution in [0.3, 0.4) is 0 Å². The van der Waals surface area contributed by atoms with Crippen molar-refractivity contribution in [3.63, 3.8) is 0 Å². The number of fused-ring (bicyclic) bond motifs is 5. The first-order valence-corrected chi connectivity index (χ1v) is 7.85. The molecule has 0 spiro atoms. The fourth-order valence-electron chi connectivity index (χ4n) is 4.57. The Bertz CT molecular complexity index is 396. The normalized spacial score (nSPS) is 38.1. The van der Waals surface area contributed by atoms with E-state index in [1.165, 1.54) is 19.3 Å². The first kappa shape index (κ1) is 13.7. The Hall–Kier alpha value is -1.26. The van der Waals surface area contributed by atoms with Crippen molar-refractivity contribution in [1.82, 2.24) is 10.6 Å². The summed E-state index contributed by atoms with van der Waals surface area (Å²) in [6.45, 7) is 1.93. The van der Waals surface area contributed by atoms with E-state index >= 15 is 0 Å². The average Bonchev–Trinajstić information content (AvgIpc) is 2.78. The number of nitrogens with one attached hydrogen (secondary N) is 2. The maximum absolute atomic E-state index is 11.9. The van der Waals surface area contributed by atoms with Crippen molar-refractivity contribution in [3.05, 3.63) is 0 Å². The minimum absolute atomic E-state index is 0.0321. The molecule has 0 aromatic carbocycles. The minimum Gasteiger partial charge on any atom is -0.481 e. The minimum atomic E-state index is -0.775. The Kier molecular flexibility index (Phi) is 3.61. The maximum Gasteiger partial charge on any atom is 0.315 e. The van der Waals surface area contributed by atoms with E-state index in [9.17, 15) is 9.59 Å². The molecule has 5 atom stereocenters. The standard InChI is InChI=1S/C15H24N2O3/c1-8(3-2-4-11(18)19)16-15(20)17-14-12-9-5-6-10(7-9)13(12)14/h8-10,12-14H,2-7H2,1H3,(H,18,19)(H2,16,17,20). The topological polar surface area (TPSA) is 78.4 Å². The van der Waals surface area contributed by atoms with E-state index in [-0.39, 0.29) is 18.5 Å². The molecule has 0 aromatic heterocycles. The van der Waals surface area contributed by atoms with Gasteiger partial charge >= 0.3 is 12.0 Å². The van der Waals surface area contributed by atoms with Gasteiger partial charge in [-0.2, -0.15) is 0 Å². The SMILES string of the molecule is CC(CCCC(=O)O)NC(=O)NC1C2C3CCC(C3)C12. The van der Waals surface area contributed by atoms with Gasteiger partial charge in [-0.1, -0.05) is 0 Å². The molecule has 3 saturated carbocycles. The molecule has 112 valence electrons. The summed E-state index contributed by atoms with van der Waals surface area (Å²) in [6, 6.07) is 0.365. The van der Waals surface area contributed by atoms with E-state index in [1.54, 1.807) is 0 Å². The number of carbonyl (C=O) groups excluding carboxylic acids is 1. The zero-order valence-electron chi connectivity index (χ0n) is 12.0. The maximum atomic E-state index is 11.9. The van der Waals surface area contributed by atoms with E-state index < -0.39 is 5.97 Å². The number of rotatable bonds is 6. The fourth-order valence-corrected chi connectivity index (χ4v) is 4.57. The molecule has 3 fully saturated rings. The van der Waals surface area contributed by atoms with E-state index in [4.69, 9.17) is 5.11 Å². The van der Waals surface area contributed by atoms with Crippen molar-refractivity contribution < 1.29 is 14.7 Å². The third-order valence-electron chi connectivity index (χ3n) is 5.44. The first-order valence-electron chi connectivity index (χ1n) is 7.85. The Morgan fingerprint density at radius 1 is 1.25 bits per heavy atom. The molecule has 0 heterocycles. The van der Waals surface area contributed by atoms with Crippen LogP contribution in [0, 0.1) is 23.7 Å². The van der Waals surface area contributed by atoms with E-state index in [0.717, 1.165) is 23.7 Å². The largest absolute Gasteiger partial charge is 0.481 e. The lowest BCUT2D eigenvalue weighted by Gasteiger charge is -2.16. The molecule has 0 saturated heterocycles. The van der Waals surface area contributed by atoms with Crippen LogP contribution in [0.5, 0.6) is 0 Å². The van der Waals surface area contributed by atoms with Gasteiger partial charge in [-0.15, -0.1) is 0 Å². The quantitative estimate of drug-likeness (QED) is 0.696.